The van der Waals surface area contributed by atoms with Gasteiger partial charge in [-0.15, -0.1) is 11.8 Å². The molecule has 100 valence electrons. The lowest BCUT2D eigenvalue weighted by molar-refractivity contribution is 0.0944. The lowest BCUT2D eigenvalue weighted by Gasteiger charge is -2.00. The van der Waals surface area contributed by atoms with Gasteiger partial charge in [-0.1, -0.05) is 5.16 Å². The molecule has 0 fully saturated rings. The third-order valence-corrected chi connectivity index (χ3v) is 3.26. The molecule has 0 spiro atoms. The summed E-state index contributed by atoms with van der Waals surface area (Å²) < 4.78 is 31.0. The zero-order chi connectivity index (χ0) is 13.8. The molecule has 1 aromatic carbocycles. The Bertz CT molecular complexity index is 603. The number of hydrazine groups is 1. The monoisotopic (exact) mass is 285 g/mol. The van der Waals surface area contributed by atoms with Crippen LogP contribution in [0.2, 0.25) is 0 Å². The molecule has 0 unspecified atom stereocenters. The minimum absolute atomic E-state index is 0.0395. The third kappa shape index (κ3) is 3.30. The largest absolute Gasteiger partial charge is 0.360 e. The Hall–Kier alpha value is -1.93. The van der Waals surface area contributed by atoms with Gasteiger partial charge in [0.15, 0.2) is 5.69 Å². The minimum atomic E-state index is -0.649. The molecule has 0 atom stereocenters. The first-order valence-electron chi connectivity index (χ1n) is 5.14. The van der Waals surface area contributed by atoms with E-state index in [2.05, 4.69) is 5.16 Å². The summed E-state index contributed by atoms with van der Waals surface area (Å²) in [4.78, 5) is 11.4. The Labute approximate surface area is 111 Å². The number of aromatic nitrogens is 1. The first-order chi connectivity index (χ1) is 9.10. The molecule has 0 radical (unpaired) electrons. The Morgan fingerprint density at radius 2 is 2.21 bits per heavy atom. The van der Waals surface area contributed by atoms with Gasteiger partial charge in [-0.25, -0.2) is 14.6 Å². The molecule has 3 N–H and O–H groups in total. The summed E-state index contributed by atoms with van der Waals surface area (Å²) in [5, 5.41) is 3.50. The lowest BCUT2D eigenvalue weighted by Crippen LogP contribution is -2.30. The summed E-state index contributed by atoms with van der Waals surface area (Å²) >= 11 is 1.10. The molecule has 1 aromatic heterocycles. The first-order valence-corrected chi connectivity index (χ1v) is 6.13. The van der Waals surface area contributed by atoms with E-state index in [4.69, 9.17) is 10.4 Å². The van der Waals surface area contributed by atoms with E-state index in [1.165, 1.54) is 18.2 Å². The number of carbonyl (C=O) groups excluding carboxylic acids is 1. The molecule has 0 saturated heterocycles. The van der Waals surface area contributed by atoms with Crippen molar-refractivity contribution in [1.29, 1.82) is 0 Å². The lowest BCUT2D eigenvalue weighted by atomic mass is 10.3. The molecule has 0 aliphatic carbocycles. The average molecular weight is 285 g/mol. The van der Waals surface area contributed by atoms with Crippen LogP contribution in [0.3, 0.4) is 0 Å². The molecule has 1 heterocycles. The summed E-state index contributed by atoms with van der Waals surface area (Å²) in [5.41, 5.74) is 1.95. The van der Waals surface area contributed by atoms with Crippen LogP contribution in [0.5, 0.6) is 0 Å². The van der Waals surface area contributed by atoms with E-state index in [0.717, 1.165) is 17.8 Å². The number of halogens is 2. The van der Waals surface area contributed by atoms with Crippen LogP contribution in [0, 0.1) is 11.6 Å². The number of nitrogen functional groups attached to an aromatic ring is 1. The number of hydrogen-bond acceptors (Lipinski definition) is 5. The standard InChI is InChI=1S/C11H9F2N3O2S/c12-6-1-2-10(8(13)3-6)19-5-7-4-9(16-18-7)11(17)15-14/h1-4H,5,14H2,(H,15,17). The van der Waals surface area contributed by atoms with E-state index >= 15 is 0 Å². The van der Waals surface area contributed by atoms with E-state index < -0.39 is 17.5 Å². The van der Waals surface area contributed by atoms with Crippen LogP contribution in [-0.2, 0) is 5.75 Å². The molecule has 5 nitrogen and oxygen atoms in total. The number of carbonyl (C=O) groups is 1. The van der Waals surface area contributed by atoms with E-state index in [-0.39, 0.29) is 16.3 Å². The highest BCUT2D eigenvalue weighted by Crippen LogP contribution is 2.26. The number of rotatable bonds is 4. The maximum absolute atomic E-state index is 13.4. The molecule has 19 heavy (non-hydrogen) atoms. The van der Waals surface area contributed by atoms with Gasteiger partial charge in [0.25, 0.3) is 5.91 Å². The van der Waals surface area contributed by atoms with E-state index in [1.54, 1.807) is 0 Å². The predicted molar refractivity (Wildman–Crippen MR) is 64.1 cm³/mol. The highest BCUT2D eigenvalue weighted by Gasteiger charge is 2.12. The zero-order valence-electron chi connectivity index (χ0n) is 9.52. The highest BCUT2D eigenvalue weighted by molar-refractivity contribution is 7.98. The van der Waals surface area contributed by atoms with Crippen molar-refractivity contribution in [2.45, 2.75) is 10.6 Å². The summed E-state index contributed by atoms with van der Waals surface area (Å²) in [5.74, 6) is 3.72. The molecule has 1 amide bonds. The molecular weight excluding hydrogens is 276 g/mol. The van der Waals surface area contributed by atoms with E-state index in [1.807, 2.05) is 5.43 Å². The maximum atomic E-state index is 13.4. The number of nitrogens with two attached hydrogens (primary N) is 1. The van der Waals surface area contributed by atoms with Crippen molar-refractivity contribution in [3.05, 3.63) is 47.4 Å². The molecular formula is C11H9F2N3O2S. The SMILES string of the molecule is NNC(=O)c1cc(CSc2ccc(F)cc2F)on1. The van der Waals surface area contributed by atoms with Gasteiger partial charge in [0.05, 0.1) is 5.75 Å². The van der Waals surface area contributed by atoms with Crippen molar-refractivity contribution in [2.75, 3.05) is 0 Å². The second-order valence-electron chi connectivity index (χ2n) is 3.52. The van der Waals surface area contributed by atoms with Crippen molar-refractivity contribution < 1.29 is 18.1 Å². The number of amides is 1. The topological polar surface area (TPSA) is 81.1 Å². The van der Waals surface area contributed by atoms with E-state index in [9.17, 15) is 13.6 Å². The third-order valence-electron chi connectivity index (χ3n) is 2.19. The number of nitrogens with one attached hydrogen (secondary N) is 1. The van der Waals surface area contributed by atoms with Crippen LogP contribution in [0.1, 0.15) is 16.2 Å². The van der Waals surface area contributed by atoms with Gasteiger partial charge in [0, 0.05) is 17.0 Å². The Kier molecular flexibility index (Phi) is 4.13. The quantitative estimate of drug-likeness (QED) is 0.388. The molecule has 0 aliphatic heterocycles. The van der Waals surface area contributed by atoms with Crippen LogP contribution in [0.4, 0.5) is 8.78 Å². The van der Waals surface area contributed by atoms with Crippen LogP contribution >= 0.6 is 11.8 Å². The summed E-state index contributed by atoms with van der Waals surface area (Å²) in [6.45, 7) is 0. The van der Waals surface area contributed by atoms with Crippen molar-refractivity contribution in [1.82, 2.24) is 10.6 Å². The van der Waals surface area contributed by atoms with Crippen molar-refractivity contribution >= 4 is 17.7 Å². The summed E-state index contributed by atoms with van der Waals surface area (Å²) in [6.07, 6.45) is 0. The van der Waals surface area contributed by atoms with Crippen molar-refractivity contribution in [3.63, 3.8) is 0 Å². The molecule has 0 saturated carbocycles. The first kappa shape index (κ1) is 13.5. The molecule has 8 heteroatoms. The fraction of sp³-hybridized carbons (Fsp3) is 0.0909. The highest BCUT2D eigenvalue weighted by atomic mass is 32.2. The Morgan fingerprint density at radius 1 is 1.42 bits per heavy atom. The van der Waals surface area contributed by atoms with Gasteiger partial charge >= 0.3 is 0 Å². The number of benzene rings is 1. The normalized spacial score (nSPS) is 10.5. The maximum Gasteiger partial charge on any atom is 0.287 e. The number of hydrogen-bond donors (Lipinski definition) is 2. The van der Waals surface area contributed by atoms with Crippen LogP contribution < -0.4 is 11.3 Å². The average Bonchev–Trinajstić information content (AvgIpc) is 2.85. The van der Waals surface area contributed by atoms with Crippen molar-refractivity contribution in [2.24, 2.45) is 5.84 Å². The van der Waals surface area contributed by atoms with Gasteiger partial charge in [0.2, 0.25) is 0 Å². The smallest absolute Gasteiger partial charge is 0.287 e. The van der Waals surface area contributed by atoms with Gasteiger partial charge < -0.3 is 4.52 Å². The Balaban J connectivity index is 2.02. The number of thioether (sulfide) groups is 1. The Morgan fingerprint density at radius 3 is 2.89 bits per heavy atom. The second-order valence-corrected chi connectivity index (χ2v) is 4.53. The fourth-order valence-electron chi connectivity index (χ4n) is 1.30. The van der Waals surface area contributed by atoms with Gasteiger partial charge in [0.1, 0.15) is 17.4 Å². The van der Waals surface area contributed by atoms with Crippen LogP contribution in [0.25, 0.3) is 0 Å². The van der Waals surface area contributed by atoms with Crippen molar-refractivity contribution in [3.8, 4) is 0 Å². The fourth-order valence-corrected chi connectivity index (χ4v) is 2.10. The summed E-state index contributed by atoms with van der Waals surface area (Å²) in [7, 11) is 0. The molecule has 0 aliphatic rings. The molecule has 0 bridgehead atoms. The van der Waals surface area contributed by atoms with E-state index in [0.29, 0.717) is 5.76 Å². The molecule has 2 rings (SSSR count). The molecule has 2 aromatic rings. The van der Waals surface area contributed by atoms with Crippen LogP contribution in [-0.4, -0.2) is 11.1 Å². The second kappa shape index (κ2) is 5.81. The summed E-state index contributed by atoms with van der Waals surface area (Å²) in [6, 6.07) is 4.70. The zero-order valence-corrected chi connectivity index (χ0v) is 10.3. The minimum Gasteiger partial charge on any atom is -0.360 e. The predicted octanol–water partition coefficient (Wildman–Crippen LogP) is 1.85. The van der Waals surface area contributed by atoms with Gasteiger partial charge in [-0.05, 0) is 12.1 Å². The van der Waals surface area contributed by atoms with Gasteiger partial charge in [-0.3, -0.25) is 10.2 Å². The van der Waals surface area contributed by atoms with Crippen LogP contribution in [0.15, 0.2) is 33.7 Å². The van der Waals surface area contributed by atoms with Gasteiger partial charge in [-0.2, -0.15) is 0 Å². The number of nitrogens with zero attached hydrogens (tertiary/aromatic N) is 1.